The number of ether oxygens (including phenoxy) is 4. The maximum atomic E-state index is 13.0. The fraction of sp³-hybridized carbons (Fsp3) is 0.522. The number of carbonyl (C=O) groups is 5. The van der Waals surface area contributed by atoms with Crippen molar-refractivity contribution >= 4 is 29.5 Å². The zero-order valence-electron chi connectivity index (χ0n) is 19.7. The summed E-state index contributed by atoms with van der Waals surface area (Å²) in [6, 6.07) is 3.33. The van der Waals surface area contributed by atoms with E-state index in [-0.39, 0.29) is 56.1 Å². The predicted octanol–water partition coefficient (Wildman–Crippen LogP) is -1.38. The van der Waals surface area contributed by atoms with Crippen LogP contribution in [0.2, 0.25) is 0 Å². The third-order valence-electron chi connectivity index (χ3n) is 5.34. The van der Waals surface area contributed by atoms with Crippen molar-refractivity contribution in [2.45, 2.75) is 18.9 Å². The van der Waals surface area contributed by atoms with Gasteiger partial charge in [0.15, 0.2) is 6.61 Å². The smallest absolute Gasteiger partial charge is 0.266 e. The predicted molar refractivity (Wildman–Crippen MR) is 121 cm³/mol. The fourth-order valence-electron chi connectivity index (χ4n) is 3.67. The first-order valence-corrected chi connectivity index (χ1v) is 11.5. The molecule has 2 aliphatic heterocycles. The number of nitrogens with zero attached hydrogens (tertiary/aromatic N) is 1. The average Bonchev–Trinajstić information content (AvgIpc) is 3.11. The van der Waals surface area contributed by atoms with E-state index in [1.54, 1.807) is 0 Å². The third-order valence-corrected chi connectivity index (χ3v) is 5.34. The molecule has 1 atom stereocenters. The zero-order valence-corrected chi connectivity index (χ0v) is 19.7. The van der Waals surface area contributed by atoms with Crippen LogP contribution in [-0.2, 0) is 28.6 Å². The van der Waals surface area contributed by atoms with Crippen LogP contribution in [0.15, 0.2) is 18.2 Å². The van der Waals surface area contributed by atoms with Crippen LogP contribution in [0.3, 0.4) is 0 Å². The highest BCUT2D eigenvalue weighted by Crippen LogP contribution is 2.33. The van der Waals surface area contributed by atoms with Gasteiger partial charge in [0.05, 0.1) is 57.4 Å². The van der Waals surface area contributed by atoms with Gasteiger partial charge in [0.2, 0.25) is 11.8 Å². The molecule has 13 heteroatoms. The second kappa shape index (κ2) is 13.6. The van der Waals surface area contributed by atoms with Gasteiger partial charge in [0.25, 0.3) is 17.7 Å². The van der Waals surface area contributed by atoms with Gasteiger partial charge in [0.1, 0.15) is 11.8 Å². The van der Waals surface area contributed by atoms with Crippen LogP contribution in [0.1, 0.15) is 33.6 Å². The Morgan fingerprint density at radius 2 is 1.69 bits per heavy atom. The van der Waals surface area contributed by atoms with Crippen molar-refractivity contribution in [2.24, 2.45) is 0 Å². The number of carbonyl (C=O) groups excluding carboxylic acids is 5. The molecule has 2 aliphatic rings. The topological polar surface area (TPSA) is 170 Å². The first-order chi connectivity index (χ1) is 17.4. The zero-order chi connectivity index (χ0) is 25.9. The number of amides is 5. The molecule has 0 aliphatic carbocycles. The van der Waals surface area contributed by atoms with Gasteiger partial charge in [-0.3, -0.25) is 34.2 Å². The van der Waals surface area contributed by atoms with Crippen molar-refractivity contribution in [3.8, 4) is 5.75 Å². The van der Waals surface area contributed by atoms with Crippen molar-refractivity contribution < 1.29 is 48.0 Å². The van der Waals surface area contributed by atoms with E-state index in [9.17, 15) is 24.0 Å². The van der Waals surface area contributed by atoms with E-state index in [0.29, 0.717) is 26.4 Å². The first-order valence-electron chi connectivity index (χ1n) is 11.5. The number of fused-ring (bicyclic) bond motifs is 1. The van der Waals surface area contributed by atoms with Crippen LogP contribution >= 0.6 is 0 Å². The molecule has 36 heavy (non-hydrogen) atoms. The largest absolute Gasteiger partial charge is 0.483 e. The van der Waals surface area contributed by atoms with E-state index in [2.05, 4.69) is 10.6 Å². The first kappa shape index (κ1) is 27.2. The summed E-state index contributed by atoms with van der Waals surface area (Å²) in [5.41, 5.74) is 0.0447. The second-order valence-electron chi connectivity index (χ2n) is 7.83. The lowest BCUT2D eigenvalue weighted by Gasteiger charge is -2.27. The van der Waals surface area contributed by atoms with Crippen LogP contribution in [0, 0.1) is 0 Å². The van der Waals surface area contributed by atoms with E-state index < -0.39 is 42.2 Å². The molecule has 2 heterocycles. The lowest BCUT2D eigenvalue weighted by atomic mass is 10.0. The molecule has 1 fully saturated rings. The average molecular weight is 507 g/mol. The summed E-state index contributed by atoms with van der Waals surface area (Å²) in [6.45, 7) is 1.80. The maximum Gasteiger partial charge on any atom is 0.266 e. The third kappa shape index (κ3) is 7.07. The Balaban J connectivity index is 1.40. The van der Waals surface area contributed by atoms with E-state index in [4.69, 9.17) is 24.1 Å². The summed E-state index contributed by atoms with van der Waals surface area (Å²) in [7, 11) is 0. The van der Waals surface area contributed by atoms with Gasteiger partial charge < -0.3 is 29.4 Å². The Kier molecular flexibility index (Phi) is 10.3. The number of nitrogens with one attached hydrogen (secondary N) is 2. The highest BCUT2D eigenvalue weighted by Gasteiger charge is 2.46. The molecular formula is C23H29N3O10. The molecule has 0 saturated carbocycles. The molecule has 3 N–H and O–H groups in total. The van der Waals surface area contributed by atoms with Crippen molar-refractivity contribution in [3.63, 3.8) is 0 Å². The quantitative estimate of drug-likeness (QED) is 0.190. The molecule has 1 aromatic carbocycles. The summed E-state index contributed by atoms with van der Waals surface area (Å²) in [4.78, 5) is 62.4. The van der Waals surface area contributed by atoms with Crippen LogP contribution in [0.4, 0.5) is 0 Å². The van der Waals surface area contributed by atoms with E-state index in [1.807, 2.05) is 0 Å². The number of hydrogen-bond donors (Lipinski definition) is 3. The van der Waals surface area contributed by atoms with Gasteiger partial charge in [-0.05, 0) is 18.6 Å². The lowest BCUT2D eigenvalue weighted by molar-refractivity contribution is -0.136. The monoisotopic (exact) mass is 507 g/mol. The van der Waals surface area contributed by atoms with Crippen LogP contribution in [0.25, 0.3) is 0 Å². The molecule has 0 aromatic heterocycles. The van der Waals surface area contributed by atoms with Crippen LogP contribution in [0.5, 0.6) is 5.75 Å². The minimum absolute atomic E-state index is 0.0183. The number of aliphatic hydroxyl groups excluding tert-OH is 1. The van der Waals surface area contributed by atoms with Gasteiger partial charge in [-0.1, -0.05) is 6.07 Å². The summed E-state index contributed by atoms with van der Waals surface area (Å²) in [6.07, 6.45) is 0.0619. The van der Waals surface area contributed by atoms with Crippen LogP contribution in [-0.4, -0.2) is 105 Å². The number of benzene rings is 1. The number of hydrogen-bond acceptors (Lipinski definition) is 10. The minimum atomic E-state index is -1.09. The number of piperidine rings is 1. The Morgan fingerprint density at radius 3 is 2.39 bits per heavy atom. The number of rotatable bonds is 15. The molecular weight excluding hydrogens is 478 g/mol. The lowest BCUT2D eigenvalue weighted by Crippen LogP contribution is -2.54. The number of imide groups is 2. The van der Waals surface area contributed by atoms with E-state index in [0.717, 1.165) is 4.90 Å². The van der Waals surface area contributed by atoms with Crippen molar-refractivity contribution in [2.75, 3.05) is 59.4 Å². The molecule has 0 bridgehead atoms. The highest BCUT2D eigenvalue weighted by atomic mass is 16.5. The molecule has 1 unspecified atom stereocenters. The van der Waals surface area contributed by atoms with Crippen molar-refractivity contribution in [3.05, 3.63) is 29.3 Å². The molecule has 0 spiro atoms. The molecule has 13 nitrogen and oxygen atoms in total. The standard InChI is InChI=1S/C23H29N3O10/c27-7-9-34-11-13-35-12-10-33-8-6-24-19(29)14-36-17-3-1-2-15-20(17)23(32)26(22(15)31)16-4-5-18(28)25-21(16)30/h1-3,16,27H,4-14H2,(H,24,29)(H,25,28,30). The summed E-state index contributed by atoms with van der Waals surface area (Å²) in [5, 5.41) is 13.3. The van der Waals surface area contributed by atoms with Gasteiger partial charge >= 0.3 is 0 Å². The molecule has 0 radical (unpaired) electrons. The molecule has 1 saturated heterocycles. The maximum absolute atomic E-state index is 13.0. The van der Waals surface area contributed by atoms with Gasteiger partial charge in [-0.25, -0.2) is 0 Å². The minimum Gasteiger partial charge on any atom is -0.483 e. The second-order valence-corrected chi connectivity index (χ2v) is 7.83. The fourth-order valence-corrected chi connectivity index (χ4v) is 3.67. The van der Waals surface area contributed by atoms with Gasteiger partial charge in [-0.2, -0.15) is 0 Å². The van der Waals surface area contributed by atoms with Gasteiger partial charge in [-0.15, -0.1) is 0 Å². The molecule has 1 aromatic rings. The normalized spacial score (nSPS) is 17.2. The summed E-state index contributed by atoms with van der Waals surface area (Å²) < 4.78 is 21.2. The number of aliphatic hydroxyl groups is 1. The Hall–Kier alpha value is -3.39. The summed E-state index contributed by atoms with van der Waals surface area (Å²) in [5.74, 6) is -2.93. The van der Waals surface area contributed by atoms with Gasteiger partial charge in [0, 0.05) is 13.0 Å². The van der Waals surface area contributed by atoms with E-state index in [1.165, 1.54) is 18.2 Å². The summed E-state index contributed by atoms with van der Waals surface area (Å²) >= 11 is 0. The SMILES string of the molecule is O=C(COc1cccc2c1C(=O)N(C1CCC(=O)NC1=O)C2=O)NCCOCCOCCOCCO. The molecule has 5 amide bonds. The van der Waals surface area contributed by atoms with Crippen LogP contribution < -0.4 is 15.4 Å². The highest BCUT2D eigenvalue weighted by molar-refractivity contribution is 6.24. The van der Waals surface area contributed by atoms with E-state index >= 15 is 0 Å². The molecule has 3 rings (SSSR count). The Morgan fingerprint density at radius 1 is 1.00 bits per heavy atom. The van der Waals surface area contributed by atoms with Crippen molar-refractivity contribution in [1.29, 1.82) is 0 Å². The van der Waals surface area contributed by atoms with Crippen molar-refractivity contribution in [1.82, 2.24) is 15.5 Å². The molecule has 196 valence electrons. The Bertz CT molecular complexity index is 983. The Labute approximate surface area is 207 Å².